The van der Waals surface area contributed by atoms with Crippen LogP contribution in [-0.4, -0.2) is 37.3 Å². The van der Waals surface area contributed by atoms with Crippen LogP contribution >= 0.6 is 39.3 Å². The molecule has 18 heavy (non-hydrogen) atoms. The minimum Gasteiger partial charge on any atom is -0.379 e. The lowest BCUT2D eigenvalue weighted by Gasteiger charge is -2.08. The third-order valence-electron chi connectivity index (χ3n) is 2.17. The second kappa shape index (κ2) is 8.80. The molecule has 0 saturated carbocycles. The molecular weight excluding hydrogens is 338 g/mol. The first-order valence-corrected chi connectivity index (χ1v) is 8.17. The van der Waals surface area contributed by atoms with Gasteiger partial charge in [-0.05, 0) is 24.5 Å². The van der Waals surface area contributed by atoms with Crippen molar-refractivity contribution in [3.05, 3.63) is 28.8 Å². The van der Waals surface area contributed by atoms with Crippen LogP contribution in [0.2, 0.25) is 5.02 Å². The highest BCUT2D eigenvalue weighted by Gasteiger charge is 2.10. The van der Waals surface area contributed by atoms with Crippen LogP contribution in [0.1, 0.15) is 10.4 Å². The summed E-state index contributed by atoms with van der Waals surface area (Å²) < 4.78 is 5.25. The zero-order chi connectivity index (χ0) is 13.4. The fourth-order valence-corrected chi connectivity index (χ4v) is 2.17. The first-order valence-electron chi connectivity index (χ1n) is 5.44. The predicted octanol–water partition coefficient (Wildman–Crippen LogP) is 3.20. The first kappa shape index (κ1) is 15.8. The highest BCUT2D eigenvalue weighted by molar-refractivity contribution is 9.09. The number of carbonyl (C=O) groups excluding carboxylic acids is 1. The van der Waals surface area contributed by atoms with E-state index < -0.39 is 0 Å². The van der Waals surface area contributed by atoms with Gasteiger partial charge < -0.3 is 10.1 Å². The Bertz CT molecular complexity index is 404. The number of benzene rings is 1. The molecule has 0 aliphatic rings. The molecule has 0 aliphatic carbocycles. The van der Waals surface area contributed by atoms with E-state index in [1.807, 2.05) is 12.3 Å². The molecule has 1 aromatic rings. The van der Waals surface area contributed by atoms with Gasteiger partial charge in [0.25, 0.3) is 5.91 Å². The lowest BCUT2D eigenvalue weighted by Crippen LogP contribution is -2.27. The van der Waals surface area contributed by atoms with Crippen LogP contribution in [0.4, 0.5) is 0 Å². The van der Waals surface area contributed by atoms with E-state index in [4.69, 9.17) is 16.3 Å². The number of carbonyl (C=O) groups is 1. The van der Waals surface area contributed by atoms with Gasteiger partial charge in [-0.1, -0.05) is 27.5 Å². The van der Waals surface area contributed by atoms with Crippen molar-refractivity contribution in [2.45, 2.75) is 4.90 Å². The van der Waals surface area contributed by atoms with E-state index in [1.54, 1.807) is 23.9 Å². The number of halogens is 2. The van der Waals surface area contributed by atoms with Gasteiger partial charge in [0.15, 0.2) is 0 Å². The standard InChI is InChI=1S/C12H15BrClNO2S/c1-18-9-2-3-11(14)10(8-9)12(16)15-5-7-17-6-4-13/h2-3,8H,4-7H2,1H3,(H,15,16). The highest BCUT2D eigenvalue weighted by Crippen LogP contribution is 2.22. The van der Waals surface area contributed by atoms with E-state index in [2.05, 4.69) is 21.2 Å². The molecule has 1 amide bonds. The third-order valence-corrected chi connectivity index (χ3v) is 3.55. The van der Waals surface area contributed by atoms with E-state index >= 15 is 0 Å². The number of ether oxygens (including phenoxy) is 1. The molecule has 3 nitrogen and oxygen atoms in total. The van der Waals surface area contributed by atoms with Gasteiger partial charge in [-0.25, -0.2) is 0 Å². The smallest absolute Gasteiger partial charge is 0.252 e. The van der Waals surface area contributed by atoms with Crippen LogP contribution < -0.4 is 5.32 Å². The van der Waals surface area contributed by atoms with Crippen LogP contribution in [0.25, 0.3) is 0 Å². The molecule has 0 fully saturated rings. The minimum atomic E-state index is -0.168. The Morgan fingerprint density at radius 1 is 1.50 bits per heavy atom. The Morgan fingerprint density at radius 2 is 2.28 bits per heavy atom. The molecular formula is C12H15BrClNO2S. The van der Waals surface area contributed by atoms with Crippen LogP contribution in [0, 0.1) is 0 Å². The van der Waals surface area contributed by atoms with Crippen molar-refractivity contribution in [2.75, 3.05) is 31.3 Å². The SMILES string of the molecule is CSc1ccc(Cl)c(C(=O)NCCOCCBr)c1. The second-order valence-electron chi connectivity index (χ2n) is 3.40. The normalized spacial score (nSPS) is 10.4. The highest BCUT2D eigenvalue weighted by atomic mass is 79.9. The van der Waals surface area contributed by atoms with Crippen molar-refractivity contribution >= 4 is 45.2 Å². The summed E-state index contributed by atoms with van der Waals surface area (Å²) in [5.41, 5.74) is 0.504. The Kier molecular flexibility index (Phi) is 7.74. The summed E-state index contributed by atoms with van der Waals surface area (Å²) in [6.45, 7) is 1.61. The molecule has 0 unspecified atom stereocenters. The van der Waals surface area contributed by atoms with Gasteiger partial charge in [-0.15, -0.1) is 11.8 Å². The molecule has 0 aliphatic heterocycles. The van der Waals surface area contributed by atoms with Crippen molar-refractivity contribution in [1.29, 1.82) is 0 Å². The van der Waals surface area contributed by atoms with Gasteiger partial charge in [0.1, 0.15) is 0 Å². The van der Waals surface area contributed by atoms with Crippen molar-refractivity contribution in [1.82, 2.24) is 5.32 Å². The van der Waals surface area contributed by atoms with E-state index in [0.29, 0.717) is 30.3 Å². The summed E-state index contributed by atoms with van der Waals surface area (Å²) in [6, 6.07) is 5.42. The number of hydrogen-bond donors (Lipinski definition) is 1. The molecule has 0 aromatic heterocycles. The van der Waals surface area contributed by atoms with Gasteiger partial charge in [-0.2, -0.15) is 0 Å². The van der Waals surface area contributed by atoms with Gasteiger partial charge >= 0.3 is 0 Å². The average molecular weight is 353 g/mol. The fraction of sp³-hybridized carbons (Fsp3) is 0.417. The number of thioether (sulfide) groups is 1. The number of alkyl halides is 1. The summed E-state index contributed by atoms with van der Waals surface area (Å²) in [7, 11) is 0. The van der Waals surface area contributed by atoms with Crippen molar-refractivity contribution in [2.24, 2.45) is 0 Å². The molecule has 0 radical (unpaired) electrons. The first-order chi connectivity index (χ1) is 8.69. The Morgan fingerprint density at radius 3 is 2.94 bits per heavy atom. The number of amides is 1. The molecule has 1 N–H and O–H groups in total. The summed E-state index contributed by atoms with van der Waals surface area (Å²) >= 11 is 10.8. The summed E-state index contributed by atoms with van der Waals surface area (Å²) in [5.74, 6) is -0.168. The molecule has 0 spiro atoms. The minimum absolute atomic E-state index is 0.168. The quantitative estimate of drug-likeness (QED) is 0.465. The molecule has 100 valence electrons. The number of rotatable bonds is 7. The van der Waals surface area contributed by atoms with Crippen LogP contribution in [0.15, 0.2) is 23.1 Å². The van der Waals surface area contributed by atoms with Crippen LogP contribution in [0.5, 0.6) is 0 Å². The number of hydrogen-bond acceptors (Lipinski definition) is 3. The second-order valence-corrected chi connectivity index (χ2v) is 5.48. The van der Waals surface area contributed by atoms with Crippen molar-refractivity contribution < 1.29 is 9.53 Å². The maximum absolute atomic E-state index is 11.9. The summed E-state index contributed by atoms with van der Waals surface area (Å²) in [5, 5.41) is 4.04. The largest absolute Gasteiger partial charge is 0.379 e. The Hall–Kier alpha value is -0.230. The van der Waals surface area contributed by atoms with Gasteiger partial charge in [0.2, 0.25) is 0 Å². The van der Waals surface area contributed by atoms with E-state index in [0.717, 1.165) is 10.2 Å². The summed E-state index contributed by atoms with van der Waals surface area (Å²) in [4.78, 5) is 12.9. The molecule has 6 heteroatoms. The molecule has 1 rings (SSSR count). The molecule has 0 atom stereocenters. The number of nitrogens with one attached hydrogen (secondary N) is 1. The third kappa shape index (κ3) is 5.18. The molecule has 1 aromatic carbocycles. The van der Waals surface area contributed by atoms with Gasteiger partial charge in [-0.3, -0.25) is 4.79 Å². The van der Waals surface area contributed by atoms with E-state index in [9.17, 15) is 4.79 Å². The van der Waals surface area contributed by atoms with Crippen LogP contribution in [-0.2, 0) is 4.74 Å². The zero-order valence-corrected chi connectivity index (χ0v) is 13.2. The monoisotopic (exact) mass is 351 g/mol. The van der Waals surface area contributed by atoms with Crippen LogP contribution in [0.3, 0.4) is 0 Å². The van der Waals surface area contributed by atoms with E-state index in [1.165, 1.54) is 0 Å². The van der Waals surface area contributed by atoms with Gasteiger partial charge in [0, 0.05) is 16.8 Å². The maximum atomic E-state index is 11.9. The lowest BCUT2D eigenvalue weighted by molar-refractivity contribution is 0.0924. The maximum Gasteiger partial charge on any atom is 0.252 e. The fourth-order valence-electron chi connectivity index (χ4n) is 1.29. The Balaban J connectivity index is 2.50. The topological polar surface area (TPSA) is 38.3 Å². The molecule has 0 bridgehead atoms. The molecule has 0 heterocycles. The van der Waals surface area contributed by atoms with E-state index in [-0.39, 0.29) is 5.91 Å². The molecule has 0 saturated heterocycles. The van der Waals surface area contributed by atoms with Crippen molar-refractivity contribution in [3.63, 3.8) is 0 Å². The Labute approximate surface area is 125 Å². The lowest BCUT2D eigenvalue weighted by atomic mass is 10.2. The average Bonchev–Trinajstić information content (AvgIpc) is 2.39. The van der Waals surface area contributed by atoms with Crippen molar-refractivity contribution in [3.8, 4) is 0 Å². The van der Waals surface area contributed by atoms with Gasteiger partial charge in [0.05, 0.1) is 23.8 Å². The zero-order valence-electron chi connectivity index (χ0n) is 10.0. The predicted molar refractivity (Wildman–Crippen MR) is 80.2 cm³/mol. The summed E-state index contributed by atoms with van der Waals surface area (Å²) in [6.07, 6.45) is 1.96.